The van der Waals surface area contributed by atoms with Gasteiger partial charge < -0.3 is 5.73 Å². The van der Waals surface area contributed by atoms with Crippen LogP contribution in [0.25, 0.3) is 0 Å². The van der Waals surface area contributed by atoms with Crippen molar-refractivity contribution in [2.75, 3.05) is 0 Å². The van der Waals surface area contributed by atoms with E-state index in [9.17, 15) is 4.79 Å². The number of carbonyl (C=O) groups excluding carboxylic acids is 1. The standard InChI is InChI=1S/C10H10N2O/c11-9-6-8(10(13)12-9)7-4-2-1-3-5-7/h1-5,8H,6H2,(H2,11,12,13). The Hall–Kier alpha value is -1.64. The first-order valence-corrected chi connectivity index (χ1v) is 4.19. The summed E-state index contributed by atoms with van der Waals surface area (Å²) in [4.78, 5) is 15.0. The molecule has 3 heteroatoms. The van der Waals surface area contributed by atoms with Crippen molar-refractivity contribution in [3.8, 4) is 0 Å². The van der Waals surface area contributed by atoms with Gasteiger partial charge in [0.15, 0.2) is 0 Å². The Morgan fingerprint density at radius 1 is 1.31 bits per heavy atom. The second-order valence-electron chi connectivity index (χ2n) is 3.11. The van der Waals surface area contributed by atoms with Crippen molar-refractivity contribution in [3.05, 3.63) is 35.9 Å². The van der Waals surface area contributed by atoms with Crippen LogP contribution in [-0.2, 0) is 4.79 Å². The number of amidine groups is 1. The predicted octanol–water partition coefficient (Wildman–Crippen LogP) is 1.06. The fourth-order valence-corrected chi connectivity index (χ4v) is 1.51. The predicted molar refractivity (Wildman–Crippen MR) is 50.4 cm³/mol. The van der Waals surface area contributed by atoms with Crippen molar-refractivity contribution in [2.24, 2.45) is 10.7 Å². The molecule has 2 rings (SSSR count). The van der Waals surface area contributed by atoms with Crippen LogP contribution in [0.2, 0.25) is 0 Å². The lowest BCUT2D eigenvalue weighted by molar-refractivity contribution is -0.118. The Balaban J connectivity index is 2.26. The molecule has 66 valence electrons. The van der Waals surface area contributed by atoms with Crippen LogP contribution in [0.15, 0.2) is 35.3 Å². The molecule has 1 heterocycles. The van der Waals surface area contributed by atoms with E-state index in [4.69, 9.17) is 5.73 Å². The van der Waals surface area contributed by atoms with E-state index >= 15 is 0 Å². The van der Waals surface area contributed by atoms with Crippen LogP contribution in [-0.4, -0.2) is 11.7 Å². The maximum atomic E-state index is 11.3. The lowest BCUT2D eigenvalue weighted by atomic mass is 9.97. The largest absolute Gasteiger partial charge is 0.387 e. The molecule has 3 nitrogen and oxygen atoms in total. The van der Waals surface area contributed by atoms with E-state index in [-0.39, 0.29) is 11.8 Å². The van der Waals surface area contributed by atoms with E-state index < -0.39 is 0 Å². The summed E-state index contributed by atoms with van der Waals surface area (Å²) in [6, 6.07) is 9.61. The molecule has 1 unspecified atom stereocenters. The van der Waals surface area contributed by atoms with Gasteiger partial charge in [-0.15, -0.1) is 0 Å². The van der Waals surface area contributed by atoms with Gasteiger partial charge in [-0.3, -0.25) is 4.79 Å². The molecule has 0 radical (unpaired) electrons. The molecule has 0 saturated carbocycles. The molecule has 1 atom stereocenters. The third-order valence-corrected chi connectivity index (χ3v) is 2.17. The Morgan fingerprint density at radius 3 is 2.54 bits per heavy atom. The average Bonchev–Trinajstić information content (AvgIpc) is 2.47. The molecule has 0 bridgehead atoms. The van der Waals surface area contributed by atoms with E-state index in [1.807, 2.05) is 30.3 Å². The zero-order valence-corrected chi connectivity index (χ0v) is 7.10. The topological polar surface area (TPSA) is 55.4 Å². The highest BCUT2D eigenvalue weighted by molar-refractivity contribution is 6.04. The van der Waals surface area contributed by atoms with E-state index in [2.05, 4.69) is 4.99 Å². The van der Waals surface area contributed by atoms with Crippen LogP contribution in [0, 0.1) is 0 Å². The second kappa shape index (κ2) is 3.01. The lowest BCUT2D eigenvalue weighted by Gasteiger charge is -2.05. The van der Waals surface area contributed by atoms with Gasteiger partial charge in [-0.1, -0.05) is 30.3 Å². The monoisotopic (exact) mass is 174 g/mol. The molecule has 1 aliphatic rings. The molecule has 0 fully saturated rings. The summed E-state index contributed by atoms with van der Waals surface area (Å²) in [6.07, 6.45) is 0.558. The Bertz CT molecular complexity index is 356. The fraction of sp³-hybridized carbons (Fsp3) is 0.200. The van der Waals surface area contributed by atoms with E-state index in [1.54, 1.807) is 0 Å². The van der Waals surface area contributed by atoms with Crippen molar-refractivity contribution in [1.29, 1.82) is 0 Å². The molecular formula is C10H10N2O. The number of hydrogen-bond acceptors (Lipinski definition) is 2. The summed E-state index contributed by atoms with van der Waals surface area (Å²) in [6.45, 7) is 0. The molecule has 0 saturated heterocycles. The average molecular weight is 174 g/mol. The van der Waals surface area contributed by atoms with Gasteiger partial charge in [-0.25, -0.2) is 4.99 Å². The second-order valence-corrected chi connectivity index (χ2v) is 3.11. The highest BCUT2D eigenvalue weighted by Gasteiger charge is 2.26. The molecule has 1 amide bonds. The summed E-state index contributed by atoms with van der Waals surface area (Å²) in [5.41, 5.74) is 6.48. The van der Waals surface area contributed by atoms with Crippen LogP contribution in [0.1, 0.15) is 17.9 Å². The highest BCUT2D eigenvalue weighted by Crippen LogP contribution is 2.25. The summed E-state index contributed by atoms with van der Waals surface area (Å²) < 4.78 is 0. The van der Waals surface area contributed by atoms with Gasteiger partial charge >= 0.3 is 0 Å². The normalized spacial score (nSPS) is 21.7. The molecule has 0 aromatic heterocycles. The van der Waals surface area contributed by atoms with Gasteiger partial charge in [0.2, 0.25) is 0 Å². The van der Waals surface area contributed by atoms with Crippen LogP contribution in [0.4, 0.5) is 0 Å². The molecule has 0 aliphatic carbocycles. The van der Waals surface area contributed by atoms with Crippen molar-refractivity contribution >= 4 is 11.7 Å². The number of aliphatic imine (C=N–C) groups is 1. The minimum Gasteiger partial charge on any atom is -0.387 e. The molecule has 1 aliphatic heterocycles. The number of benzene rings is 1. The number of nitrogens with two attached hydrogens (primary N) is 1. The smallest absolute Gasteiger partial charge is 0.255 e. The fourth-order valence-electron chi connectivity index (χ4n) is 1.51. The zero-order valence-electron chi connectivity index (χ0n) is 7.10. The molecule has 13 heavy (non-hydrogen) atoms. The Morgan fingerprint density at radius 2 is 2.00 bits per heavy atom. The lowest BCUT2D eigenvalue weighted by Crippen LogP contribution is -2.09. The van der Waals surface area contributed by atoms with Gasteiger partial charge in [0.25, 0.3) is 5.91 Å². The summed E-state index contributed by atoms with van der Waals surface area (Å²) in [5.74, 6) is 0.170. The van der Waals surface area contributed by atoms with Gasteiger partial charge in [-0.2, -0.15) is 0 Å². The number of carbonyl (C=O) groups is 1. The number of rotatable bonds is 1. The summed E-state index contributed by atoms with van der Waals surface area (Å²) >= 11 is 0. The van der Waals surface area contributed by atoms with Gasteiger partial charge in [0, 0.05) is 6.42 Å². The molecule has 1 aromatic carbocycles. The van der Waals surface area contributed by atoms with Crippen molar-refractivity contribution < 1.29 is 4.79 Å². The Kier molecular flexibility index (Phi) is 1.85. The van der Waals surface area contributed by atoms with Crippen molar-refractivity contribution in [1.82, 2.24) is 0 Å². The van der Waals surface area contributed by atoms with Crippen molar-refractivity contribution in [2.45, 2.75) is 12.3 Å². The van der Waals surface area contributed by atoms with Crippen LogP contribution in [0.5, 0.6) is 0 Å². The van der Waals surface area contributed by atoms with Gasteiger partial charge in [0.05, 0.1) is 5.92 Å². The summed E-state index contributed by atoms with van der Waals surface area (Å²) in [5, 5.41) is 0. The first-order chi connectivity index (χ1) is 6.27. The third kappa shape index (κ3) is 1.45. The molecule has 0 spiro atoms. The van der Waals surface area contributed by atoms with E-state index in [0.29, 0.717) is 12.3 Å². The van der Waals surface area contributed by atoms with E-state index in [0.717, 1.165) is 5.56 Å². The van der Waals surface area contributed by atoms with Crippen LogP contribution < -0.4 is 5.73 Å². The highest BCUT2D eigenvalue weighted by atomic mass is 16.1. The van der Waals surface area contributed by atoms with Crippen LogP contribution >= 0.6 is 0 Å². The number of nitrogens with zero attached hydrogens (tertiary/aromatic N) is 1. The van der Waals surface area contributed by atoms with Crippen molar-refractivity contribution in [3.63, 3.8) is 0 Å². The van der Waals surface area contributed by atoms with Gasteiger partial charge in [-0.05, 0) is 5.56 Å². The minimum absolute atomic E-state index is 0.122. The molecule has 1 aromatic rings. The first kappa shape index (κ1) is 7.98. The zero-order chi connectivity index (χ0) is 9.26. The quantitative estimate of drug-likeness (QED) is 0.692. The molecular weight excluding hydrogens is 164 g/mol. The molecule has 2 N–H and O–H groups in total. The van der Waals surface area contributed by atoms with Gasteiger partial charge in [0.1, 0.15) is 5.84 Å². The Labute approximate surface area is 76.3 Å². The number of hydrogen-bond donors (Lipinski definition) is 1. The first-order valence-electron chi connectivity index (χ1n) is 4.19. The van der Waals surface area contributed by atoms with Crippen LogP contribution in [0.3, 0.4) is 0 Å². The number of amides is 1. The maximum absolute atomic E-state index is 11.3. The van der Waals surface area contributed by atoms with E-state index in [1.165, 1.54) is 0 Å². The SMILES string of the molecule is NC1=NC(=O)C(c2ccccc2)C1. The minimum atomic E-state index is -0.152. The summed E-state index contributed by atoms with van der Waals surface area (Å²) in [7, 11) is 0. The maximum Gasteiger partial charge on any atom is 0.255 e. The third-order valence-electron chi connectivity index (χ3n) is 2.17.